The van der Waals surface area contributed by atoms with Gasteiger partial charge in [-0.15, -0.1) is 0 Å². The second kappa shape index (κ2) is 2.67. The van der Waals surface area contributed by atoms with E-state index in [1.807, 2.05) is 0 Å². The molecule has 11 heavy (non-hydrogen) atoms. The average molecular weight is 156 g/mol. The molecule has 5 N–H and O–H groups in total. The zero-order valence-electron chi connectivity index (χ0n) is 5.70. The van der Waals surface area contributed by atoms with Gasteiger partial charge in [-0.05, 0) is 0 Å². The monoisotopic (exact) mass is 156 g/mol. The molecule has 1 aliphatic heterocycles. The van der Waals surface area contributed by atoms with Crippen LogP contribution in [0.3, 0.4) is 0 Å². The third-order valence-corrected chi connectivity index (χ3v) is 1.40. The molecule has 6 heteroatoms. The number of nitrogens with one attached hydrogen (secondary N) is 1. The Labute approximate surface area is 62.6 Å². The van der Waals surface area contributed by atoms with Crippen molar-refractivity contribution in [1.82, 2.24) is 5.43 Å². The molecule has 0 aliphatic carbocycles. The van der Waals surface area contributed by atoms with E-state index in [2.05, 4.69) is 10.5 Å². The van der Waals surface area contributed by atoms with Crippen LogP contribution in [0.2, 0.25) is 0 Å². The van der Waals surface area contributed by atoms with E-state index in [9.17, 15) is 9.59 Å². The molecule has 1 rings (SSSR count). The molecule has 0 radical (unpaired) electrons. The summed E-state index contributed by atoms with van der Waals surface area (Å²) in [6.07, 6.45) is 0. The van der Waals surface area contributed by atoms with Gasteiger partial charge in [0.25, 0.3) is 5.91 Å². The number of hydrazone groups is 1. The van der Waals surface area contributed by atoms with Gasteiger partial charge < -0.3 is 11.5 Å². The van der Waals surface area contributed by atoms with Gasteiger partial charge in [0.2, 0.25) is 5.91 Å². The molecule has 0 saturated heterocycles. The summed E-state index contributed by atoms with van der Waals surface area (Å²) in [6.45, 7) is 0.0619. The number of amides is 2. The molecule has 60 valence electrons. The Morgan fingerprint density at radius 2 is 2.36 bits per heavy atom. The predicted molar refractivity (Wildman–Crippen MR) is 37.3 cm³/mol. The lowest BCUT2D eigenvalue weighted by atomic mass is 10.0. The average Bonchev–Trinajstić information content (AvgIpc) is 2.30. The molecule has 1 aliphatic rings. The van der Waals surface area contributed by atoms with Crippen molar-refractivity contribution >= 4 is 17.5 Å². The van der Waals surface area contributed by atoms with Crippen molar-refractivity contribution in [2.24, 2.45) is 22.5 Å². The van der Waals surface area contributed by atoms with Gasteiger partial charge in [-0.2, -0.15) is 5.10 Å². The number of hydrogen-bond acceptors (Lipinski definition) is 4. The Morgan fingerprint density at radius 1 is 1.73 bits per heavy atom. The lowest BCUT2D eigenvalue weighted by Crippen LogP contribution is -2.38. The van der Waals surface area contributed by atoms with Crippen molar-refractivity contribution in [3.05, 3.63) is 0 Å². The fraction of sp³-hybridized carbons (Fsp3) is 0.400. The fourth-order valence-corrected chi connectivity index (χ4v) is 0.864. The molecule has 6 nitrogen and oxygen atoms in total. The molecule has 1 heterocycles. The SMILES string of the molecule is NCC1=NNC(=O)C1C(N)=O. The molecule has 1 atom stereocenters. The van der Waals surface area contributed by atoms with Gasteiger partial charge in [0, 0.05) is 6.54 Å². The summed E-state index contributed by atoms with van der Waals surface area (Å²) in [6, 6.07) is 0. The smallest absolute Gasteiger partial charge is 0.258 e. The van der Waals surface area contributed by atoms with Crippen molar-refractivity contribution in [3.8, 4) is 0 Å². The van der Waals surface area contributed by atoms with Crippen LogP contribution >= 0.6 is 0 Å². The first-order valence-corrected chi connectivity index (χ1v) is 3.02. The van der Waals surface area contributed by atoms with Crippen LogP contribution in [-0.4, -0.2) is 24.1 Å². The minimum atomic E-state index is -0.972. The molecule has 1 unspecified atom stereocenters. The van der Waals surface area contributed by atoms with E-state index in [4.69, 9.17) is 11.5 Å². The number of rotatable bonds is 2. The topological polar surface area (TPSA) is 111 Å². The second-order valence-electron chi connectivity index (χ2n) is 2.12. The highest BCUT2D eigenvalue weighted by Crippen LogP contribution is 2.04. The highest BCUT2D eigenvalue weighted by atomic mass is 16.2. The Balaban J connectivity index is 2.82. The molecule has 0 bridgehead atoms. The largest absolute Gasteiger partial charge is 0.369 e. The number of nitrogens with zero attached hydrogens (tertiary/aromatic N) is 1. The van der Waals surface area contributed by atoms with E-state index in [0.717, 1.165) is 0 Å². The number of primary amides is 1. The Morgan fingerprint density at radius 3 is 2.73 bits per heavy atom. The van der Waals surface area contributed by atoms with Crippen molar-refractivity contribution in [1.29, 1.82) is 0 Å². The van der Waals surface area contributed by atoms with Gasteiger partial charge in [0.05, 0.1) is 5.71 Å². The molecule has 0 spiro atoms. The third kappa shape index (κ3) is 1.20. The van der Waals surface area contributed by atoms with Crippen LogP contribution in [-0.2, 0) is 9.59 Å². The van der Waals surface area contributed by atoms with Crippen molar-refractivity contribution in [3.63, 3.8) is 0 Å². The summed E-state index contributed by atoms with van der Waals surface area (Å²) in [5.41, 5.74) is 12.5. The van der Waals surface area contributed by atoms with Gasteiger partial charge in [0.15, 0.2) is 5.92 Å². The van der Waals surface area contributed by atoms with Crippen LogP contribution in [0, 0.1) is 5.92 Å². The lowest BCUT2D eigenvalue weighted by molar-refractivity contribution is -0.129. The first kappa shape index (κ1) is 7.67. The van der Waals surface area contributed by atoms with Gasteiger partial charge in [-0.3, -0.25) is 9.59 Å². The zero-order chi connectivity index (χ0) is 8.43. The molecular weight excluding hydrogens is 148 g/mol. The zero-order valence-corrected chi connectivity index (χ0v) is 5.70. The first-order valence-electron chi connectivity index (χ1n) is 3.02. The number of carbonyl (C=O) groups excluding carboxylic acids is 2. The van der Waals surface area contributed by atoms with E-state index >= 15 is 0 Å². The summed E-state index contributed by atoms with van der Waals surface area (Å²) in [7, 11) is 0. The Kier molecular flexibility index (Phi) is 1.86. The molecule has 0 aromatic heterocycles. The number of carbonyl (C=O) groups is 2. The van der Waals surface area contributed by atoms with Crippen molar-refractivity contribution in [2.75, 3.05) is 6.54 Å². The maximum atomic E-state index is 10.8. The van der Waals surface area contributed by atoms with Gasteiger partial charge in [0.1, 0.15) is 0 Å². The summed E-state index contributed by atoms with van der Waals surface area (Å²) in [5, 5.41) is 3.53. The maximum Gasteiger partial charge on any atom is 0.258 e. The molecule has 0 aromatic rings. The predicted octanol–water partition coefficient (Wildman–Crippen LogP) is -2.47. The maximum absolute atomic E-state index is 10.8. The standard InChI is InChI=1S/C5H8N4O2/c6-1-2-3(4(7)10)5(11)9-8-2/h3H,1,6H2,(H2,7,10)(H,9,11). The molecule has 0 aromatic carbocycles. The van der Waals surface area contributed by atoms with E-state index in [1.54, 1.807) is 0 Å². The van der Waals surface area contributed by atoms with Crippen LogP contribution in [0.5, 0.6) is 0 Å². The number of nitrogens with two attached hydrogens (primary N) is 2. The van der Waals surface area contributed by atoms with Gasteiger partial charge in [-0.1, -0.05) is 0 Å². The normalized spacial score (nSPS) is 22.8. The Bertz CT molecular complexity index is 235. The van der Waals surface area contributed by atoms with Crippen LogP contribution < -0.4 is 16.9 Å². The summed E-state index contributed by atoms with van der Waals surface area (Å²) in [5.74, 6) is -2.19. The highest BCUT2D eigenvalue weighted by Gasteiger charge is 2.33. The van der Waals surface area contributed by atoms with E-state index in [0.29, 0.717) is 5.71 Å². The fourth-order valence-electron chi connectivity index (χ4n) is 0.864. The van der Waals surface area contributed by atoms with Crippen molar-refractivity contribution < 1.29 is 9.59 Å². The molecule has 0 fully saturated rings. The third-order valence-electron chi connectivity index (χ3n) is 1.40. The van der Waals surface area contributed by atoms with Gasteiger partial charge >= 0.3 is 0 Å². The minimum absolute atomic E-state index is 0.0619. The van der Waals surface area contributed by atoms with E-state index < -0.39 is 17.7 Å². The molecule has 0 saturated carbocycles. The first-order chi connectivity index (χ1) is 5.16. The van der Waals surface area contributed by atoms with Crippen molar-refractivity contribution in [2.45, 2.75) is 0 Å². The van der Waals surface area contributed by atoms with Crippen LogP contribution in [0.1, 0.15) is 0 Å². The van der Waals surface area contributed by atoms with E-state index in [-0.39, 0.29) is 6.54 Å². The van der Waals surface area contributed by atoms with Crippen LogP contribution in [0.15, 0.2) is 5.10 Å². The highest BCUT2D eigenvalue weighted by molar-refractivity contribution is 6.22. The summed E-state index contributed by atoms with van der Waals surface area (Å²) in [4.78, 5) is 21.4. The summed E-state index contributed by atoms with van der Waals surface area (Å²) >= 11 is 0. The van der Waals surface area contributed by atoms with Crippen LogP contribution in [0.25, 0.3) is 0 Å². The van der Waals surface area contributed by atoms with Crippen LogP contribution in [0.4, 0.5) is 0 Å². The van der Waals surface area contributed by atoms with E-state index in [1.165, 1.54) is 0 Å². The number of hydrogen-bond donors (Lipinski definition) is 3. The summed E-state index contributed by atoms with van der Waals surface area (Å²) < 4.78 is 0. The minimum Gasteiger partial charge on any atom is -0.369 e. The lowest BCUT2D eigenvalue weighted by Gasteiger charge is -2.01. The molecular formula is C5H8N4O2. The molecule has 2 amide bonds. The second-order valence-corrected chi connectivity index (χ2v) is 2.12. The quantitative estimate of drug-likeness (QED) is 0.385. The van der Waals surface area contributed by atoms with Gasteiger partial charge in [-0.25, -0.2) is 5.43 Å². The Hall–Kier alpha value is -1.43.